The van der Waals surface area contributed by atoms with Crippen LogP contribution in [0.2, 0.25) is 0 Å². The van der Waals surface area contributed by atoms with Crippen molar-refractivity contribution in [3.05, 3.63) is 26.9 Å². The van der Waals surface area contributed by atoms with E-state index < -0.39 is 11.9 Å². The Balaban J connectivity index is 3.18. The van der Waals surface area contributed by atoms with Gasteiger partial charge in [0.15, 0.2) is 0 Å². The van der Waals surface area contributed by atoms with Gasteiger partial charge in [-0.1, -0.05) is 15.9 Å². The zero-order chi connectivity index (χ0) is 9.35. The van der Waals surface area contributed by atoms with E-state index in [1.54, 1.807) is 0 Å². The number of aromatic nitrogens is 1. The van der Waals surface area contributed by atoms with Gasteiger partial charge in [-0.2, -0.15) is 13.2 Å². The molecule has 0 spiro atoms. The zero-order valence-electron chi connectivity index (χ0n) is 5.49. The maximum atomic E-state index is 12.0. The fourth-order valence-electron chi connectivity index (χ4n) is 0.611. The molecule has 6 heteroatoms. The molecule has 0 aliphatic carbocycles. The van der Waals surface area contributed by atoms with Gasteiger partial charge in [0.1, 0.15) is 10.3 Å². The highest BCUT2D eigenvalue weighted by atomic mass is 79.9. The molecule has 1 nitrogen and oxygen atoms in total. The number of nitrogens with zero attached hydrogens (tertiary/aromatic N) is 1. The van der Waals surface area contributed by atoms with Crippen LogP contribution in [0.1, 0.15) is 5.69 Å². The van der Waals surface area contributed by atoms with Gasteiger partial charge in [0.05, 0.1) is 0 Å². The summed E-state index contributed by atoms with van der Waals surface area (Å²) < 4.78 is 36.6. The molecule has 0 aromatic carbocycles. The van der Waals surface area contributed by atoms with Gasteiger partial charge in [0.25, 0.3) is 0 Å². The summed E-state index contributed by atoms with van der Waals surface area (Å²) in [7, 11) is 0. The summed E-state index contributed by atoms with van der Waals surface area (Å²) in [6.45, 7) is 0. The molecule has 66 valence electrons. The fourth-order valence-corrected chi connectivity index (χ4v) is 1.79. The van der Waals surface area contributed by atoms with Gasteiger partial charge >= 0.3 is 6.18 Å². The Labute approximate surface area is 83.2 Å². The Hall–Kier alpha value is -0.100. The molecule has 0 radical (unpaired) electrons. The van der Waals surface area contributed by atoms with Crippen LogP contribution < -0.4 is 0 Å². The van der Waals surface area contributed by atoms with Gasteiger partial charge < -0.3 is 0 Å². The summed E-state index contributed by atoms with van der Waals surface area (Å²) >= 11 is 5.80. The molecule has 1 aromatic heterocycles. The average Bonchev–Trinajstić information content (AvgIpc) is 1.82. The lowest BCUT2D eigenvalue weighted by atomic mass is 10.3. The van der Waals surface area contributed by atoms with Crippen molar-refractivity contribution in [2.75, 3.05) is 0 Å². The largest absolute Gasteiger partial charge is 0.433 e. The lowest BCUT2D eigenvalue weighted by molar-refractivity contribution is -0.141. The molecule has 12 heavy (non-hydrogen) atoms. The maximum absolute atomic E-state index is 12.0. The Morgan fingerprint density at radius 2 is 1.75 bits per heavy atom. The molecule has 0 amide bonds. The normalized spacial score (nSPS) is 11.8. The molecule has 1 heterocycles. The second-order valence-corrected chi connectivity index (χ2v) is 3.72. The van der Waals surface area contributed by atoms with Crippen LogP contribution in [0.3, 0.4) is 0 Å². The van der Waals surface area contributed by atoms with Crippen molar-refractivity contribution in [3.63, 3.8) is 0 Å². The molecule has 0 aliphatic rings. The molecule has 0 fully saturated rings. The van der Waals surface area contributed by atoms with Crippen LogP contribution >= 0.6 is 31.9 Å². The van der Waals surface area contributed by atoms with Crippen LogP contribution in [0.4, 0.5) is 13.2 Å². The third kappa shape index (κ3) is 2.45. The van der Waals surface area contributed by atoms with Gasteiger partial charge in [-0.05, 0) is 28.1 Å². The quantitative estimate of drug-likeness (QED) is 0.667. The number of halogens is 5. The second kappa shape index (κ2) is 3.33. The Bertz CT molecular complexity index is 277. The average molecular weight is 305 g/mol. The predicted octanol–water partition coefficient (Wildman–Crippen LogP) is 3.63. The van der Waals surface area contributed by atoms with E-state index in [1.165, 1.54) is 6.07 Å². The minimum atomic E-state index is -4.40. The summed E-state index contributed by atoms with van der Waals surface area (Å²) in [6, 6.07) is 2.36. The summed E-state index contributed by atoms with van der Waals surface area (Å²) in [5.74, 6) is 0. The van der Waals surface area contributed by atoms with E-state index in [9.17, 15) is 13.2 Å². The molecule has 1 rings (SSSR count). The molecule has 1 aromatic rings. The maximum Gasteiger partial charge on any atom is 0.433 e. The Morgan fingerprint density at radius 1 is 1.17 bits per heavy atom. The van der Waals surface area contributed by atoms with Crippen molar-refractivity contribution in [1.29, 1.82) is 0 Å². The fraction of sp³-hybridized carbons (Fsp3) is 0.167. The van der Waals surface area contributed by atoms with Crippen molar-refractivity contribution in [1.82, 2.24) is 4.98 Å². The first-order chi connectivity index (χ1) is 5.39. The van der Waals surface area contributed by atoms with E-state index in [4.69, 9.17) is 0 Å². The molecule has 0 saturated carbocycles. The Morgan fingerprint density at radius 3 is 2.17 bits per heavy atom. The lowest BCUT2D eigenvalue weighted by Gasteiger charge is -2.05. The summed E-state index contributed by atoms with van der Waals surface area (Å²) in [4.78, 5) is 3.27. The molecule has 0 saturated heterocycles. The SMILES string of the molecule is FC(F)(F)c1cc(Br)cc(Br)n1. The topological polar surface area (TPSA) is 12.9 Å². The van der Waals surface area contributed by atoms with E-state index in [0.717, 1.165) is 6.07 Å². The summed E-state index contributed by atoms with van der Waals surface area (Å²) in [6.07, 6.45) is -4.40. The molecule has 0 aliphatic heterocycles. The van der Waals surface area contributed by atoms with Gasteiger partial charge in [0, 0.05) is 4.47 Å². The van der Waals surface area contributed by atoms with Crippen molar-refractivity contribution in [2.24, 2.45) is 0 Å². The summed E-state index contributed by atoms with van der Waals surface area (Å²) in [5, 5.41) is 0. The Kier molecular flexibility index (Phi) is 2.77. The van der Waals surface area contributed by atoms with E-state index in [1.807, 2.05) is 0 Å². The number of alkyl halides is 3. The van der Waals surface area contributed by atoms with Gasteiger partial charge in [-0.15, -0.1) is 0 Å². The lowest BCUT2D eigenvalue weighted by Crippen LogP contribution is -2.07. The van der Waals surface area contributed by atoms with E-state index in [0.29, 0.717) is 4.47 Å². The van der Waals surface area contributed by atoms with Crippen LogP contribution in [0.15, 0.2) is 21.2 Å². The first kappa shape index (κ1) is 9.98. The molecule has 0 bridgehead atoms. The summed E-state index contributed by atoms with van der Waals surface area (Å²) in [5.41, 5.74) is -0.913. The van der Waals surface area contributed by atoms with Crippen LogP contribution in [0.5, 0.6) is 0 Å². The van der Waals surface area contributed by atoms with E-state index >= 15 is 0 Å². The number of pyridine rings is 1. The monoisotopic (exact) mass is 303 g/mol. The highest BCUT2D eigenvalue weighted by Gasteiger charge is 2.32. The molecule has 0 N–H and O–H groups in total. The van der Waals surface area contributed by atoms with E-state index in [-0.39, 0.29) is 4.60 Å². The number of hydrogen-bond acceptors (Lipinski definition) is 1. The minimum absolute atomic E-state index is 0.157. The standard InChI is InChI=1S/C6H2Br2F3N/c7-3-1-4(6(9,10)11)12-5(8)2-3/h1-2H. The molecular weight excluding hydrogens is 303 g/mol. The molecule has 0 unspecified atom stereocenters. The van der Waals surface area contributed by atoms with Crippen LogP contribution in [-0.2, 0) is 6.18 Å². The van der Waals surface area contributed by atoms with Gasteiger partial charge in [0.2, 0.25) is 0 Å². The third-order valence-corrected chi connectivity index (χ3v) is 1.91. The molecule has 0 atom stereocenters. The van der Waals surface area contributed by atoms with Crippen LogP contribution in [-0.4, -0.2) is 4.98 Å². The second-order valence-electron chi connectivity index (χ2n) is 1.99. The van der Waals surface area contributed by atoms with Crippen molar-refractivity contribution < 1.29 is 13.2 Å². The van der Waals surface area contributed by atoms with Crippen molar-refractivity contribution >= 4 is 31.9 Å². The first-order valence-corrected chi connectivity index (χ1v) is 4.38. The van der Waals surface area contributed by atoms with E-state index in [2.05, 4.69) is 36.8 Å². The highest BCUT2D eigenvalue weighted by Crippen LogP contribution is 2.30. The predicted molar refractivity (Wildman–Crippen MR) is 44.6 cm³/mol. The number of hydrogen-bond donors (Lipinski definition) is 0. The highest BCUT2D eigenvalue weighted by molar-refractivity contribution is 9.11. The minimum Gasteiger partial charge on any atom is -0.236 e. The van der Waals surface area contributed by atoms with Gasteiger partial charge in [-0.3, -0.25) is 0 Å². The van der Waals surface area contributed by atoms with Crippen molar-refractivity contribution in [3.8, 4) is 0 Å². The smallest absolute Gasteiger partial charge is 0.236 e. The van der Waals surface area contributed by atoms with Gasteiger partial charge in [-0.25, -0.2) is 4.98 Å². The van der Waals surface area contributed by atoms with Crippen LogP contribution in [0, 0.1) is 0 Å². The van der Waals surface area contributed by atoms with Crippen LogP contribution in [0.25, 0.3) is 0 Å². The first-order valence-electron chi connectivity index (χ1n) is 2.80. The van der Waals surface area contributed by atoms with Crippen molar-refractivity contribution in [2.45, 2.75) is 6.18 Å². The molecular formula is C6H2Br2F3N. The number of rotatable bonds is 0. The zero-order valence-corrected chi connectivity index (χ0v) is 8.66. The third-order valence-electron chi connectivity index (χ3n) is 1.05.